The number of nitrogens with zero attached hydrogens (tertiary/aromatic N) is 2. The van der Waals surface area contributed by atoms with Crippen molar-refractivity contribution in [1.82, 2.24) is 15.2 Å². The van der Waals surface area contributed by atoms with E-state index in [1.165, 1.54) is 6.20 Å². The number of aromatic carboxylic acids is 1. The Labute approximate surface area is 113 Å². The first-order valence-electron chi connectivity index (χ1n) is 6.66. The lowest BCUT2D eigenvalue weighted by atomic mass is 9.94. The summed E-state index contributed by atoms with van der Waals surface area (Å²) in [6.45, 7) is 5.18. The van der Waals surface area contributed by atoms with Crippen molar-refractivity contribution in [3.8, 4) is 0 Å². The van der Waals surface area contributed by atoms with Crippen molar-refractivity contribution in [2.24, 2.45) is 5.92 Å². The third-order valence-corrected chi connectivity index (χ3v) is 3.73. The number of carboxylic acids is 1. The number of pyridine rings is 1. The molecule has 2 N–H and O–H groups in total. The molecular weight excluding hydrogens is 242 g/mol. The van der Waals surface area contributed by atoms with Crippen LogP contribution in [0.25, 0.3) is 0 Å². The zero-order valence-corrected chi connectivity index (χ0v) is 11.5. The molecule has 0 aromatic carbocycles. The zero-order valence-electron chi connectivity index (χ0n) is 11.5. The van der Waals surface area contributed by atoms with Crippen LogP contribution >= 0.6 is 0 Å². The molecule has 2 atom stereocenters. The Bertz CT molecular complexity index is 433. The van der Waals surface area contributed by atoms with E-state index in [2.05, 4.69) is 29.2 Å². The van der Waals surface area contributed by atoms with Crippen molar-refractivity contribution in [2.75, 3.05) is 20.1 Å². The maximum absolute atomic E-state index is 10.7. The minimum atomic E-state index is -0.934. The monoisotopic (exact) mass is 263 g/mol. The summed E-state index contributed by atoms with van der Waals surface area (Å²) in [6.07, 6.45) is 2.56. The second-order valence-corrected chi connectivity index (χ2v) is 5.36. The smallest absolute Gasteiger partial charge is 0.337 e. The van der Waals surface area contributed by atoms with Crippen molar-refractivity contribution in [2.45, 2.75) is 25.9 Å². The highest BCUT2D eigenvalue weighted by molar-refractivity contribution is 5.87. The summed E-state index contributed by atoms with van der Waals surface area (Å²) in [7, 11) is 2.15. The average Bonchev–Trinajstić information content (AvgIpc) is 2.38. The number of piperidine rings is 1. The van der Waals surface area contributed by atoms with Crippen LogP contribution in [-0.4, -0.2) is 47.1 Å². The zero-order chi connectivity index (χ0) is 13.8. The second-order valence-electron chi connectivity index (χ2n) is 5.36. The molecule has 1 fully saturated rings. The van der Waals surface area contributed by atoms with E-state index < -0.39 is 5.97 Å². The van der Waals surface area contributed by atoms with Crippen LogP contribution in [0, 0.1) is 5.92 Å². The Morgan fingerprint density at radius 3 is 2.95 bits per heavy atom. The highest BCUT2D eigenvalue weighted by Crippen LogP contribution is 2.15. The lowest BCUT2D eigenvalue weighted by Gasteiger charge is -2.35. The Hall–Kier alpha value is -1.46. The van der Waals surface area contributed by atoms with Gasteiger partial charge in [0.1, 0.15) is 0 Å². The van der Waals surface area contributed by atoms with Gasteiger partial charge >= 0.3 is 5.97 Å². The van der Waals surface area contributed by atoms with Gasteiger partial charge in [-0.25, -0.2) is 4.79 Å². The molecule has 1 aromatic heterocycles. The van der Waals surface area contributed by atoms with Gasteiger partial charge in [0.05, 0.1) is 11.3 Å². The van der Waals surface area contributed by atoms with Crippen LogP contribution in [0.5, 0.6) is 0 Å². The molecule has 104 valence electrons. The SMILES string of the molecule is CC1CN(C)CCC1NCc1ccc(C(=O)O)cn1. The van der Waals surface area contributed by atoms with Gasteiger partial charge in [-0.2, -0.15) is 0 Å². The molecule has 0 saturated carbocycles. The number of rotatable bonds is 4. The van der Waals surface area contributed by atoms with Crippen LogP contribution in [0.3, 0.4) is 0 Å². The minimum Gasteiger partial charge on any atom is -0.478 e. The summed E-state index contributed by atoms with van der Waals surface area (Å²) in [6, 6.07) is 3.89. The quantitative estimate of drug-likeness (QED) is 0.855. The molecule has 2 unspecified atom stereocenters. The Morgan fingerprint density at radius 2 is 2.37 bits per heavy atom. The Morgan fingerprint density at radius 1 is 1.58 bits per heavy atom. The first-order valence-corrected chi connectivity index (χ1v) is 6.66. The summed E-state index contributed by atoms with van der Waals surface area (Å²) in [4.78, 5) is 17.3. The van der Waals surface area contributed by atoms with Gasteiger partial charge in [0.25, 0.3) is 0 Å². The van der Waals surface area contributed by atoms with Gasteiger partial charge < -0.3 is 15.3 Å². The van der Waals surface area contributed by atoms with E-state index in [4.69, 9.17) is 5.11 Å². The number of carboxylic acid groups (broad SMARTS) is 1. The third kappa shape index (κ3) is 3.75. The van der Waals surface area contributed by atoms with Crippen molar-refractivity contribution in [1.29, 1.82) is 0 Å². The van der Waals surface area contributed by atoms with Gasteiger partial charge in [-0.3, -0.25) is 4.98 Å². The second kappa shape index (κ2) is 6.12. The molecule has 1 aliphatic heterocycles. The molecule has 1 aliphatic rings. The molecule has 1 aromatic rings. The molecule has 2 rings (SSSR count). The first-order chi connectivity index (χ1) is 9.06. The molecule has 5 nitrogen and oxygen atoms in total. The summed E-state index contributed by atoms with van der Waals surface area (Å²) < 4.78 is 0. The van der Waals surface area contributed by atoms with Crippen molar-refractivity contribution in [3.63, 3.8) is 0 Å². The molecule has 0 spiro atoms. The highest BCUT2D eigenvalue weighted by atomic mass is 16.4. The Kier molecular flexibility index (Phi) is 4.50. The largest absolute Gasteiger partial charge is 0.478 e. The molecule has 5 heteroatoms. The molecule has 0 radical (unpaired) electrons. The fourth-order valence-corrected chi connectivity index (χ4v) is 2.55. The van der Waals surface area contributed by atoms with E-state index in [1.54, 1.807) is 12.1 Å². The predicted molar refractivity (Wildman–Crippen MR) is 73.1 cm³/mol. The van der Waals surface area contributed by atoms with Gasteiger partial charge in [-0.05, 0) is 38.1 Å². The van der Waals surface area contributed by atoms with Crippen molar-refractivity contribution in [3.05, 3.63) is 29.6 Å². The standard InChI is InChI=1S/C14H21N3O2/c1-10-9-17(2)6-5-13(10)16-8-12-4-3-11(7-15-12)14(18)19/h3-4,7,10,13,16H,5-6,8-9H2,1-2H3,(H,18,19). The summed E-state index contributed by atoms with van der Waals surface area (Å²) >= 11 is 0. The van der Waals surface area contributed by atoms with Gasteiger partial charge in [0.15, 0.2) is 0 Å². The van der Waals surface area contributed by atoms with Gasteiger partial charge in [0, 0.05) is 25.3 Å². The van der Waals surface area contributed by atoms with E-state index in [9.17, 15) is 4.79 Å². The minimum absolute atomic E-state index is 0.233. The van der Waals surface area contributed by atoms with Crippen LogP contribution in [0.15, 0.2) is 18.3 Å². The van der Waals surface area contributed by atoms with Crippen molar-refractivity contribution < 1.29 is 9.90 Å². The summed E-state index contributed by atoms with van der Waals surface area (Å²) in [5.41, 5.74) is 1.12. The van der Waals surface area contributed by atoms with Gasteiger partial charge in [-0.1, -0.05) is 6.92 Å². The number of hydrogen-bond donors (Lipinski definition) is 2. The fourth-order valence-electron chi connectivity index (χ4n) is 2.55. The highest BCUT2D eigenvalue weighted by Gasteiger charge is 2.23. The molecule has 0 bridgehead atoms. The maximum Gasteiger partial charge on any atom is 0.337 e. The lowest BCUT2D eigenvalue weighted by Crippen LogP contribution is -2.46. The maximum atomic E-state index is 10.7. The van der Waals surface area contributed by atoms with E-state index in [1.807, 2.05) is 0 Å². The number of aromatic nitrogens is 1. The van der Waals surface area contributed by atoms with Crippen LogP contribution in [-0.2, 0) is 6.54 Å². The van der Waals surface area contributed by atoms with Gasteiger partial charge in [-0.15, -0.1) is 0 Å². The average molecular weight is 263 g/mol. The summed E-state index contributed by atoms with van der Waals surface area (Å²) in [5, 5.41) is 12.3. The van der Waals surface area contributed by atoms with E-state index in [0.29, 0.717) is 18.5 Å². The fraction of sp³-hybridized carbons (Fsp3) is 0.571. The molecule has 2 heterocycles. The molecule has 1 saturated heterocycles. The molecule has 0 amide bonds. The van der Waals surface area contributed by atoms with Crippen LogP contribution in [0.2, 0.25) is 0 Å². The van der Waals surface area contributed by atoms with E-state index >= 15 is 0 Å². The van der Waals surface area contributed by atoms with Crippen LogP contribution < -0.4 is 5.32 Å². The Balaban J connectivity index is 1.86. The molecular formula is C14H21N3O2. The molecule has 19 heavy (non-hydrogen) atoms. The van der Waals surface area contributed by atoms with E-state index in [0.717, 1.165) is 25.2 Å². The van der Waals surface area contributed by atoms with Crippen LogP contribution in [0.4, 0.5) is 0 Å². The lowest BCUT2D eigenvalue weighted by molar-refractivity contribution is 0.0696. The molecule has 0 aliphatic carbocycles. The van der Waals surface area contributed by atoms with Crippen molar-refractivity contribution >= 4 is 5.97 Å². The normalized spacial score (nSPS) is 24.3. The van der Waals surface area contributed by atoms with E-state index in [-0.39, 0.29) is 5.56 Å². The van der Waals surface area contributed by atoms with Gasteiger partial charge in [0.2, 0.25) is 0 Å². The number of carbonyl (C=O) groups is 1. The first kappa shape index (κ1) is 14.0. The summed E-state index contributed by atoms with van der Waals surface area (Å²) in [5.74, 6) is -0.312. The van der Waals surface area contributed by atoms with Crippen LogP contribution in [0.1, 0.15) is 29.4 Å². The number of likely N-dealkylation sites (tertiary alicyclic amines) is 1. The number of nitrogens with one attached hydrogen (secondary N) is 1. The third-order valence-electron chi connectivity index (χ3n) is 3.73. The topological polar surface area (TPSA) is 65.5 Å². The number of hydrogen-bond acceptors (Lipinski definition) is 4. The predicted octanol–water partition coefficient (Wildman–Crippen LogP) is 1.21.